The van der Waals surface area contributed by atoms with Crippen LogP contribution in [0.25, 0.3) is 16.9 Å². The van der Waals surface area contributed by atoms with Gasteiger partial charge < -0.3 is 10.6 Å². The van der Waals surface area contributed by atoms with E-state index < -0.39 is 0 Å². The van der Waals surface area contributed by atoms with Crippen LogP contribution < -0.4 is 5.73 Å². The Kier molecular flexibility index (Phi) is 5.63. The van der Waals surface area contributed by atoms with E-state index in [4.69, 9.17) is 10.8 Å². The van der Waals surface area contributed by atoms with Gasteiger partial charge in [-0.2, -0.15) is 5.10 Å². The number of nitrogens with zero attached hydrogens (tertiary/aromatic N) is 3. The fourth-order valence-electron chi connectivity index (χ4n) is 3.99. The minimum absolute atomic E-state index is 0.0777. The summed E-state index contributed by atoms with van der Waals surface area (Å²) in [7, 11) is 0. The number of hydrogen-bond donors (Lipinski definition) is 1. The topological polar surface area (TPSA) is 81.2 Å². The number of rotatable bonds is 4. The first-order valence-electron chi connectivity index (χ1n) is 10.7. The van der Waals surface area contributed by atoms with Crippen molar-refractivity contribution in [2.45, 2.75) is 33.6 Å². The highest BCUT2D eigenvalue weighted by Gasteiger charge is 2.29. The van der Waals surface area contributed by atoms with Gasteiger partial charge in [0.2, 0.25) is 5.91 Å². The normalized spacial score (nSPS) is 14.6. The summed E-state index contributed by atoms with van der Waals surface area (Å²) in [6.07, 6.45) is 1.20. The molecule has 0 bridgehead atoms. The van der Waals surface area contributed by atoms with Crippen LogP contribution in [0, 0.1) is 26.7 Å². The molecule has 1 aliphatic heterocycles. The van der Waals surface area contributed by atoms with Crippen LogP contribution >= 0.6 is 0 Å². The summed E-state index contributed by atoms with van der Waals surface area (Å²) in [5.41, 5.74) is 12.1. The van der Waals surface area contributed by atoms with Crippen molar-refractivity contribution in [3.63, 3.8) is 0 Å². The number of benzene rings is 2. The molecule has 6 nitrogen and oxygen atoms in total. The van der Waals surface area contributed by atoms with E-state index in [-0.39, 0.29) is 17.7 Å². The Hall–Kier alpha value is -3.41. The predicted octanol–water partition coefficient (Wildman–Crippen LogP) is 3.80. The van der Waals surface area contributed by atoms with Crippen molar-refractivity contribution >= 4 is 11.8 Å². The molecule has 160 valence electrons. The standard InChI is InChI=1S/C25H28N4O2/c1-16-4-8-21(9-5-16)29-23(25(31)28-12-10-19(11-13-28)24(26)30)15-22(27-29)20-7-6-17(2)18(3)14-20/h4-9,14-15,19H,10-13H2,1-3H3,(H2,26,30). The molecule has 2 aromatic carbocycles. The molecule has 1 fully saturated rings. The highest BCUT2D eigenvalue weighted by Crippen LogP contribution is 2.26. The quantitative estimate of drug-likeness (QED) is 0.702. The van der Waals surface area contributed by atoms with Gasteiger partial charge in [-0.25, -0.2) is 4.68 Å². The Labute approximate surface area is 182 Å². The minimum atomic E-state index is -0.283. The molecule has 0 spiro atoms. The first kappa shape index (κ1) is 20.8. The van der Waals surface area contributed by atoms with E-state index in [1.807, 2.05) is 43.3 Å². The number of carbonyl (C=O) groups excluding carboxylic acids is 2. The fourth-order valence-corrected chi connectivity index (χ4v) is 3.99. The molecular formula is C25H28N4O2. The van der Waals surface area contributed by atoms with Gasteiger partial charge in [-0.15, -0.1) is 0 Å². The predicted molar refractivity (Wildman–Crippen MR) is 121 cm³/mol. The van der Waals surface area contributed by atoms with E-state index in [0.29, 0.717) is 31.6 Å². The molecular weight excluding hydrogens is 388 g/mol. The summed E-state index contributed by atoms with van der Waals surface area (Å²) in [6, 6.07) is 16.1. The monoisotopic (exact) mass is 416 g/mol. The molecule has 31 heavy (non-hydrogen) atoms. The number of amides is 2. The largest absolute Gasteiger partial charge is 0.369 e. The summed E-state index contributed by atoms with van der Waals surface area (Å²) in [4.78, 5) is 26.7. The number of piperidine rings is 1. The number of aryl methyl sites for hydroxylation is 3. The second-order valence-corrected chi connectivity index (χ2v) is 8.43. The maximum Gasteiger partial charge on any atom is 0.272 e. The van der Waals surface area contributed by atoms with Crippen LogP contribution in [0.15, 0.2) is 48.5 Å². The van der Waals surface area contributed by atoms with E-state index in [2.05, 4.69) is 26.0 Å². The average molecular weight is 417 g/mol. The van der Waals surface area contributed by atoms with Crippen molar-refractivity contribution in [3.8, 4) is 16.9 Å². The summed E-state index contributed by atoms with van der Waals surface area (Å²) in [5.74, 6) is -0.517. The minimum Gasteiger partial charge on any atom is -0.369 e. The zero-order chi connectivity index (χ0) is 22.1. The molecule has 0 unspecified atom stereocenters. The van der Waals surface area contributed by atoms with Gasteiger partial charge in [0.1, 0.15) is 5.69 Å². The van der Waals surface area contributed by atoms with Crippen molar-refractivity contribution in [1.29, 1.82) is 0 Å². The third-order valence-electron chi connectivity index (χ3n) is 6.19. The molecule has 0 atom stereocenters. The molecule has 0 aliphatic carbocycles. The van der Waals surface area contributed by atoms with Gasteiger partial charge in [0.25, 0.3) is 5.91 Å². The van der Waals surface area contributed by atoms with Gasteiger partial charge in [0, 0.05) is 24.6 Å². The van der Waals surface area contributed by atoms with Crippen LogP contribution in [0.4, 0.5) is 0 Å². The maximum atomic E-state index is 13.5. The molecule has 1 aliphatic rings. The lowest BCUT2D eigenvalue weighted by Crippen LogP contribution is -2.42. The van der Waals surface area contributed by atoms with Crippen molar-refractivity contribution in [1.82, 2.24) is 14.7 Å². The van der Waals surface area contributed by atoms with Crippen molar-refractivity contribution in [2.24, 2.45) is 11.7 Å². The van der Waals surface area contributed by atoms with Crippen LogP contribution in [0.3, 0.4) is 0 Å². The van der Waals surface area contributed by atoms with Gasteiger partial charge in [-0.1, -0.05) is 29.8 Å². The van der Waals surface area contributed by atoms with Crippen LogP contribution in [0.5, 0.6) is 0 Å². The van der Waals surface area contributed by atoms with E-state index in [1.165, 1.54) is 11.1 Å². The van der Waals surface area contributed by atoms with Crippen LogP contribution in [0.2, 0.25) is 0 Å². The Morgan fingerprint density at radius 1 is 0.935 bits per heavy atom. The molecule has 2 amide bonds. The molecule has 1 aromatic heterocycles. The van der Waals surface area contributed by atoms with Crippen molar-refractivity contribution in [2.75, 3.05) is 13.1 Å². The van der Waals surface area contributed by atoms with Gasteiger partial charge in [-0.05, 0) is 69.0 Å². The molecule has 0 saturated carbocycles. The lowest BCUT2D eigenvalue weighted by molar-refractivity contribution is -0.123. The van der Waals surface area contributed by atoms with E-state index in [0.717, 1.165) is 22.5 Å². The Morgan fingerprint density at radius 3 is 2.23 bits per heavy atom. The molecule has 0 radical (unpaired) electrons. The van der Waals surface area contributed by atoms with Gasteiger partial charge in [0.15, 0.2) is 0 Å². The SMILES string of the molecule is Cc1ccc(-n2nc(-c3ccc(C)c(C)c3)cc2C(=O)N2CCC(C(N)=O)CC2)cc1. The van der Waals surface area contributed by atoms with Crippen LogP contribution in [-0.2, 0) is 4.79 Å². The highest BCUT2D eigenvalue weighted by molar-refractivity contribution is 5.94. The average Bonchev–Trinajstić information content (AvgIpc) is 3.21. The molecule has 2 heterocycles. The van der Waals surface area contributed by atoms with Crippen molar-refractivity contribution < 1.29 is 9.59 Å². The summed E-state index contributed by atoms with van der Waals surface area (Å²) in [5, 5.41) is 4.81. The Bertz CT molecular complexity index is 1120. The van der Waals surface area contributed by atoms with Crippen LogP contribution in [0.1, 0.15) is 40.0 Å². The number of hydrogen-bond acceptors (Lipinski definition) is 3. The van der Waals surface area contributed by atoms with Gasteiger partial charge in [0.05, 0.1) is 11.4 Å². The lowest BCUT2D eigenvalue weighted by atomic mass is 9.96. The summed E-state index contributed by atoms with van der Waals surface area (Å²) in [6.45, 7) is 7.22. The second kappa shape index (κ2) is 8.38. The fraction of sp³-hybridized carbons (Fsp3) is 0.320. The van der Waals surface area contributed by atoms with Crippen LogP contribution in [-0.4, -0.2) is 39.6 Å². The zero-order valence-corrected chi connectivity index (χ0v) is 18.3. The molecule has 2 N–H and O–H groups in total. The first-order chi connectivity index (χ1) is 14.8. The lowest BCUT2D eigenvalue weighted by Gasteiger charge is -2.30. The summed E-state index contributed by atoms with van der Waals surface area (Å²) < 4.78 is 1.73. The van der Waals surface area contributed by atoms with E-state index >= 15 is 0 Å². The number of likely N-dealkylation sites (tertiary alicyclic amines) is 1. The molecule has 1 saturated heterocycles. The zero-order valence-electron chi connectivity index (χ0n) is 18.3. The third kappa shape index (κ3) is 4.24. The van der Waals surface area contributed by atoms with Crippen molar-refractivity contribution in [3.05, 3.63) is 70.9 Å². The first-order valence-corrected chi connectivity index (χ1v) is 10.7. The number of carbonyl (C=O) groups is 2. The number of primary amides is 1. The van der Waals surface area contributed by atoms with Gasteiger partial charge in [-0.3, -0.25) is 9.59 Å². The van der Waals surface area contributed by atoms with E-state index in [1.54, 1.807) is 9.58 Å². The summed E-state index contributed by atoms with van der Waals surface area (Å²) >= 11 is 0. The highest BCUT2D eigenvalue weighted by atomic mass is 16.2. The third-order valence-corrected chi connectivity index (χ3v) is 6.19. The Balaban J connectivity index is 1.72. The smallest absolute Gasteiger partial charge is 0.272 e. The molecule has 4 rings (SSSR count). The maximum absolute atomic E-state index is 13.5. The second-order valence-electron chi connectivity index (χ2n) is 8.43. The molecule has 6 heteroatoms. The van der Waals surface area contributed by atoms with E-state index in [9.17, 15) is 9.59 Å². The molecule has 3 aromatic rings. The Morgan fingerprint density at radius 2 is 1.61 bits per heavy atom. The van der Waals surface area contributed by atoms with Gasteiger partial charge >= 0.3 is 0 Å². The number of nitrogens with two attached hydrogens (primary N) is 1. The number of aromatic nitrogens is 2.